The molecule has 0 atom stereocenters. The molecule has 0 aliphatic heterocycles. The first-order chi connectivity index (χ1) is 9.52. The number of allylic oxidation sites excluding steroid dienone is 1. The number of carbonyl (C=O) groups is 1. The van der Waals surface area contributed by atoms with Gasteiger partial charge in [-0.25, -0.2) is 18.0 Å². The Labute approximate surface area is 119 Å². The van der Waals surface area contributed by atoms with E-state index in [0.717, 1.165) is 29.9 Å². The van der Waals surface area contributed by atoms with Crippen molar-refractivity contribution in [2.75, 3.05) is 11.6 Å². The van der Waals surface area contributed by atoms with Gasteiger partial charge in [0.25, 0.3) is 6.43 Å². The van der Waals surface area contributed by atoms with Crippen LogP contribution in [0.2, 0.25) is 0 Å². The number of anilines is 1. The highest BCUT2D eigenvalue weighted by Crippen LogP contribution is 2.07. The van der Waals surface area contributed by atoms with Gasteiger partial charge in [0.1, 0.15) is 5.71 Å². The lowest BCUT2D eigenvalue weighted by Gasteiger charge is -2.05. The van der Waals surface area contributed by atoms with Gasteiger partial charge >= 0.3 is 6.03 Å². The summed E-state index contributed by atoms with van der Waals surface area (Å²) >= 11 is 0.923. The average Bonchev–Trinajstić information content (AvgIpc) is 2.37. The van der Waals surface area contributed by atoms with Crippen molar-refractivity contribution in [1.82, 2.24) is 10.3 Å². The minimum absolute atomic E-state index is 0.405. The molecule has 0 saturated heterocycles. The third-order valence-electron chi connectivity index (χ3n) is 2.04. The highest BCUT2D eigenvalue weighted by atomic mass is 32.2. The van der Waals surface area contributed by atoms with Crippen molar-refractivity contribution in [2.24, 2.45) is 4.40 Å². The topological polar surface area (TPSA) is 66.4 Å². The van der Waals surface area contributed by atoms with Crippen LogP contribution in [0.1, 0.15) is 5.69 Å². The molecule has 0 radical (unpaired) electrons. The minimum atomic E-state index is -2.69. The molecule has 0 aliphatic rings. The molecule has 1 aromatic heterocycles. The summed E-state index contributed by atoms with van der Waals surface area (Å²) in [5.41, 5.74) is 0.915. The van der Waals surface area contributed by atoms with E-state index in [2.05, 4.69) is 20.0 Å². The number of hydrogen-bond donors (Lipinski definition) is 2. The molecule has 0 aromatic carbocycles. The zero-order chi connectivity index (χ0) is 15.0. The Kier molecular flexibility index (Phi) is 6.65. The number of nitrogens with one attached hydrogen (secondary N) is 2. The fraction of sp³-hybridized carbons (Fsp3) is 0.250. The molecule has 0 unspecified atom stereocenters. The van der Waals surface area contributed by atoms with Gasteiger partial charge in [-0.05, 0) is 37.1 Å². The highest BCUT2D eigenvalue weighted by molar-refractivity contribution is 7.97. The molecule has 2 amide bonds. The van der Waals surface area contributed by atoms with Gasteiger partial charge in [0.05, 0.1) is 0 Å². The van der Waals surface area contributed by atoms with Crippen LogP contribution in [0.3, 0.4) is 0 Å². The SMILES string of the molecule is CSN=C(/C=C/NC(=O)Nc1ccnc(C)c1)C(F)F. The summed E-state index contributed by atoms with van der Waals surface area (Å²) in [6.45, 7) is 1.79. The summed E-state index contributed by atoms with van der Waals surface area (Å²) in [4.78, 5) is 15.5. The van der Waals surface area contributed by atoms with Gasteiger partial charge in [-0.3, -0.25) is 4.98 Å². The number of amides is 2. The number of alkyl halides is 2. The molecule has 1 rings (SSSR count). The lowest BCUT2D eigenvalue weighted by atomic mass is 10.3. The van der Waals surface area contributed by atoms with Crippen LogP contribution >= 0.6 is 11.9 Å². The summed E-state index contributed by atoms with van der Waals surface area (Å²) in [6, 6.07) is 2.77. The molecule has 1 heterocycles. The number of carbonyl (C=O) groups excluding carboxylic acids is 1. The molecule has 8 heteroatoms. The first-order valence-electron chi connectivity index (χ1n) is 5.59. The molecule has 0 aliphatic carbocycles. The fourth-order valence-corrected chi connectivity index (χ4v) is 1.59. The number of aryl methyl sites for hydroxylation is 1. The van der Waals surface area contributed by atoms with Crippen LogP contribution in [0.4, 0.5) is 19.3 Å². The van der Waals surface area contributed by atoms with Crippen LogP contribution in [-0.4, -0.2) is 29.4 Å². The van der Waals surface area contributed by atoms with Crippen molar-refractivity contribution in [1.29, 1.82) is 0 Å². The van der Waals surface area contributed by atoms with Crippen LogP contribution in [0.15, 0.2) is 35.0 Å². The maximum Gasteiger partial charge on any atom is 0.323 e. The Morgan fingerprint density at radius 2 is 2.30 bits per heavy atom. The molecule has 5 nitrogen and oxygen atoms in total. The van der Waals surface area contributed by atoms with Crippen LogP contribution in [0.25, 0.3) is 0 Å². The van der Waals surface area contributed by atoms with E-state index in [-0.39, 0.29) is 0 Å². The fourth-order valence-electron chi connectivity index (χ4n) is 1.24. The largest absolute Gasteiger partial charge is 0.323 e. The van der Waals surface area contributed by atoms with E-state index in [9.17, 15) is 13.6 Å². The first-order valence-corrected chi connectivity index (χ1v) is 6.77. The Morgan fingerprint density at radius 3 is 2.90 bits per heavy atom. The molecule has 0 fully saturated rings. The van der Waals surface area contributed by atoms with Gasteiger partial charge in [-0.2, -0.15) is 0 Å². The van der Waals surface area contributed by atoms with E-state index < -0.39 is 18.2 Å². The third kappa shape index (κ3) is 5.79. The molecule has 0 saturated carbocycles. The second kappa shape index (κ2) is 8.26. The lowest BCUT2D eigenvalue weighted by molar-refractivity contribution is 0.227. The van der Waals surface area contributed by atoms with Crippen molar-refractivity contribution in [2.45, 2.75) is 13.3 Å². The number of rotatable bonds is 5. The maximum atomic E-state index is 12.5. The minimum Gasteiger partial charge on any atom is -0.314 e. The van der Waals surface area contributed by atoms with Gasteiger partial charge in [0.2, 0.25) is 0 Å². The van der Waals surface area contributed by atoms with Crippen LogP contribution in [-0.2, 0) is 0 Å². The van der Waals surface area contributed by atoms with Crippen molar-refractivity contribution in [3.8, 4) is 0 Å². The second-order valence-corrected chi connectivity index (χ2v) is 4.16. The summed E-state index contributed by atoms with van der Waals surface area (Å²) in [5, 5.41) is 4.86. The quantitative estimate of drug-likeness (QED) is 0.649. The normalized spacial score (nSPS) is 11.9. The van der Waals surface area contributed by atoms with Gasteiger partial charge in [-0.15, -0.1) is 0 Å². The Morgan fingerprint density at radius 1 is 1.55 bits per heavy atom. The number of pyridine rings is 1. The Hall–Kier alpha value is -1.96. The number of halogens is 2. The van der Waals surface area contributed by atoms with Crippen LogP contribution in [0.5, 0.6) is 0 Å². The number of hydrogen-bond acceptors (Lipinski definition) is 4. The Bertz CT molecular complexity index is 520. The molecule has 108 valence electrons. The van der Waals surface area contributed by atoms with Crippen LogP contribution < -0.4 is 10.6 Å². The van der Waals surface area contributed by atoms with Gasteiger partial charge in [-0.1, -0.05) is 0 Å². The van der Waals surface area contributed by atoms with E-state index in [1.54, 1.807) is 31.5 Å². The van der Waals surface area contributed by atoms with Crippen molar-refractivity contribution in [3.63, 3.8) is 0 Å². The number of nitrogens with zero attached hydrogens (tertiary/aromatic N) is 2. The molecular weight excluding hydrogens is 286 g/mol. The number of aromatic nitrogens is 1. The van der Waals surface area contributed by atoms with Crippen LogP contribution in [0, 0.1) is 6.92 Å². The predicted molar refractivity (Wildman–Crippen MR) is 77.2 cm³/mol. The number of urea groups is 1. The molecule has 2 N–H and O–H groups in total. The van der Waals surface area contributed by atoms with Gasteiger partial charge < -0.3 is 10.6 Å². The molecule has 0 spiro atoms. The van der Waals surface area contributed by atoms with E-state index in [1.807, 2.05) is 0 Å². The molecule has 1 aromatic rings. The molecular formula is C12H14F2N4OS. The zero-order valence-corrected chi connectivity index (χ0v) is 11.7. The summed E-state index contributed by atoms with van der Waals surface area (Å²) < 4.78 is 28.5. The van der Waals surface area contributed by atoms with Crippen molar-refractivity contribution in [3.05, 3.63) is 36.3 Å². The predicted octanol–water partition coefficient (Wildman–Crippen LogP) is 3.01. The van der Waals surface area contributed by atoms with Gasteiger partial charge in [0, 0.05) is 30.0 Å². The highest BCUT2D eigenvalue weighted by Gasteiger charge is 2.09. The monoisotopic (exact) mass is 300 g/mol. The summed E-state index contributed by atoms with van der Waals surface area (Å²) in [5.74, 6) is 0. The third-order valence-corrected chi connectivity index (χ3v) is 2.44. The lowest BCUT2D eigenvalue weighted by Crippen LogP contribution is -2.24. The smallest absolute Gasteiger partial charge is 0.314 e. The zero-order valence-electron chi connectivity index (χ0n) is 10.9. The Balaban J connectivity index is 2.53. The second-order valence-electron chi connectivity index (χ2n) is 3.62. The van der Waals surface area contributed by atoms with E-state index in [0.29, 0.717) is 5.69 Å². The van der Waals surface area contributed by atoms with E-state index >= 15 is 0 Å². The molecule has 0 bridgehead atoms. The van der Waals surface area contributed by atoms with E-state index in [1.165, 1.54) is 0 Å². The van der Waals surface area contributed by atoms with Crippen molar-refractivity contribution < 1.29 is 13.6 Å². The van der Waals surface area contributed by atoms with E-state index in [4.69, 9.17) is 0 Å². The standard InChI is InChI=1S/C12H14F2N4OS/c1-8-7-9(3-5-15-8)17-12(19)16-6-4-10(11(13)14)18-20-2/h3-7,11H,1-2H3,(H2,15,16,17,19)/b6-4+,18-10?. The average molecular weight is 300 g/mol. The van der Waals surface area contributed by atoms with Crippen molar-refractivity contribution >= 4 is 29.4 Å². The summed E-state index contributed by atoms with van der Waals surface area (Å²) in [6.07, 6.45) is 2.61. The summed E-state index contributed by atoms with van der Waals surface area (Å²) in [7, 11) is 0. The molecule has 20 heavy (non-hydrogen) atoms. The maximum absolute atomic E-state index is 12.5. The van der Waals surface area contributed by atoms with Gasteiger partial charge in [0.15, 0.2) is 0 Å². The first kappa shape index (κ1) is 16.1.